The molecule has 0 saturated carbocycles. The number of benzene rings is 2. The van der Waals surface area contributed by atoms with Crippen molar-refractivity contribution in [3.05, 3.63) is 76.1 Å². The van der Waals surface area contributed by atoms with E-state index in [9.17, 15) is 22.8 Å². The summed E-state index contributed by atoms with van der Waals surface area (Å²) < 4.78 is 52.7. The van der Waals surface area contributed by atoms with Crippen LogP contribution in [-0.4, -0.2) is 41.9 Å². The molecule has 6 nitrogen and oxygen atoms in total. The topological polar surface area (TPSA) is 60.8 Å². The van der Waals surface area contributed by atoms with Crippen molar-refractivity contribution in [2.75, 3.05) is 20.2 Å². The third-order valence-corrected chi connectivity index (χ3v) is 6.81. The van der Waals surface area contributed by atoms with E-state index in [-0.39, 0.29) is 5.56 Å². The molecule has 35 heavy (non-hydrogen) atoms. The van der Waals surface area contributed by atoms with E-state index in [0.29, 0.717) is 48.1 Å². The molecule has 0 aliphatic carbocycles. The van der Waals surface area contributed by atoms with E-state index in [2.05, 4.69) is 0 Å². The van der Waals surface area contributed by atoms with Crippen molar-refractivity contribution in [3.8, 4) is 17.2 Å². The van der Waals surface area contributed by atoms with Crippen molar-refractivity contribution in [2.45, 2.75) is 24.6 Å². The number of carbonyl (C=O) groups excluding carboxylic acids is 2. The summed E-state index contributed by atoms with van der Waals surface area (Å²) in [5.74, 6) is -0.258. The summed E-state index contributed by atoms with van der Waals surface area (Å²) in [6.45, 7) is 0.610. The Morgan fingerprint density at radius 1 is 1.11 bits per heavy atom. The first-order chi connectivity index (χ1) is 16.7. The van der Waals surface area contributed by atoms with Crippen LogP contribution in [-0.2, 0) is 11.8 Å². The summed E-state index contributed by atoms with van der Waals surface area (Å²) in [6.07, 6.45) is -2.97. The largest absolute Gasteiger partial charge is 0.496 e. The molecule has 1 amide bonds. The summed E-state index contributed by atoms with van der Waals surface area (Å²) in [6, 6.07) is 11.9. The van der Waals surface area contributed by atoms with Gasteiger partial charge in [-0.25, -0.2) is 0 Å². The Kier molecular flexibility index (Phi) is 5.55. The summed E-state index contributed by atoms with van der Waals surface area (Å²) in [4.78, 5) is 26.4. The number of methoxy groups -OCH3 is 1. The van der Waals surface area contributed by atoms with Crippen molar-refractivity contribution in [3.63, 3.8) is 0 Å². The summed E-state index contributed by atoms with van der Waals surface area (Å²) in [7, 11) is 1.14. The van der Waals surface area contributed by atoms with Crippen LogP contribution in [0, 0.1) is 0 Å². The Morgan fingerprint density at radius 2 is 1.86 bits per heavy atom. The van der Waals surface area contributed by atoms with Crippen molar-refractivity contribution in [2.24, 2.45) is 0 Å². The number of nitrogens with zero attached hydrogens (tertiary/aromatic N) is 2. The highest BCUT2D eigenvalue weighted by Crippen LogP contribution is 2.46. The molecule has 0 radical (unpaired) electrons. The van der Waals surface area contributed by atoms with E-state index in [1.54, 1.807) is 29.2 Å². The zero-order valence-electron chi connectivity index (χ0n) is 18.6. The van der Waals surface area contributed by atoms with Gasteiger partial charge in [0.25, 0.3) is 5.91 Å². The average Bonchev–Trinajstić information content (AvgIpc) is 3.28. The second-order valence-electron chi connectivity index (χ2n) is 8.51. The van der Waals surface area contributed by atoms with Crippen molar-refractivity contribution in [1.29, 1.82) is 0 Å². The minimum atomic E-state index is -4.59. The number of alkyl halides is 3. The van der Waals surface area contributed by atoms with Gasteiger partial charge in [-0.3, -0.25) is 9.59 Å². The molecule has 1 aromatic heterocycles. The SMILES string of the molecule is COc1cc(C(=O)N2CCC3(CC2)Oc2cc(Cl)ccc2-n2c(C=O)ccc23)ccc1C(F)(F)F. The van der Waals surface area contributed by atoms with Gasteiger partial charge in [0.15, 0.2) is 11.9 Å². The molecule has 2 aliphatic heterocycles. The van der Waals surface area contributed by atoms with Crippen LogP contribution in [0.3, 0.4) is 0 Å². The first-order valence-electron chi connectivity index (χ1n) is 10.9. The fourth-order valence-corrected chi connectivity index (χ4v) is 5.02. The van der Waals surface area contributed by atoms with Gasteiger partial charge in [0.2, 0.25) is 0 Å². The molecule has 0 bridgehead atoms. The summed E-state index contributed by atoms with van der Waals surface area (Å²) in [5, 5.41) is 0.492. The van der Waals surface area contributed by atoms with Gasteiger partial charge in [-0.2, -0.15) is 13.2 Å². The number of rotatable bonds is 3. The molecular weight excluding hydrogens is 485 g/mol. The average molecular weight is 505 g/mol. The third-order valence-electron chi connectivity index (χ3n) is 6.58. The van der Waals surface area contributed by atoms with Gasteiger partial charge < -0.3 is 18.9 Å². The second-order valence-corrected chi connectivity index (χ2v) is 8.95. The van der Waals surface area contributed by atoms with Gasteiger partial charge in [-0.15, -0.1) is 0 Å². The van der Waals surface area contributed by atoms with Crippen molar-refractivity contribution < 1.29 is 32.2 Å². The van der Waals surface area contributed by atoms with Gasteiger partial charge in [-0.1, -0.05) is 11.6 Å². The smallest absolute Gasteiger partial charge is 0.419 e. The first kappa shape index (κ1) is 23.3. The van der Waals surface area contributed by atoms with Crippen LogP contribution in [0.15, 0.2) is 48.5 Å². The van der Waals surface area contributed by atoms with Gasteiger partial charge in [-0.05, 0) is 42.5 Å². The lowest BCUT2D eigenvalue weighted by Gasteiger charge is -2.45. The molecule has 3 aromatic rings. The van der Waals surface area contributed by atoms with E-state index in [1.165, 1.54) is 0 Å². The van der Waals surface area contributed by atoms with Crippen LogP contribution in [0.25, 0.3) is 5.69 Å². The number of carbonyl (C=O) groups is 2. The minimum Gasteiger partial charge on any atom is -0.496 e. The maximum atomic E-state index is 13.2. The summed E-state index contributed by atoms with van der Waals surface area (Å²) in [5.41, 5.74) is 0.373. The number of halogens is 4. The Bertz CT molecular complexity index is 1330. The van der Waals surface area contributed by atoms with Crippen LogP contribution >= 0.6 is 11.6 Å². The number of ether oxygens (including phenoxy) is 2. The molecule has 2 aromatic carbocycles. The van der Waals surface area contributed by atoms with E-state index < -0.39 is 29.0 Å². The predicted octanol–water partition coefficient (Wildman–Crippen LogP) is 5.49. The van der Waals surface area contributed by atoms with E-state index in [1.807, 2.05) is 10.6 Å². The zero-order chi connectivity index (χ0) is 25.0. The monoisotopic (exact) mass is 504 g/mol. The number of fused-ring (bicyclic) bond motifs is 4. The highest BCUT2D eigenvalue weighted by Gasteiger charge is 2.45. The molecular formula is C25H20ClF3N2O4. The molecule has 5 rings (SSSR count). The fourth-order valence-electron chi connectivity index (χ4n) is 4.86. The molecule has 182 valence electrons. The number of likely N-dealkylation sites (tertiary alicyclic amines) is 1. The molecule has 3 heterocycles. The number of amides is 1. The Morgan fingerprint density at radius 3 is 2.51 bits per heavy atom. The lowest BCUT2D eigenvalue weighted by molar-refractivity contribution is -0.138. The summed E-state index contributed by atoms with van der Waals surface area (Å²) >= 11 is 6.18. The Labute approximate surface area is 203 Å². The van der Waals surface area contributed by atoms with Crippen LogP contribution in [0.4, 0.5) is 13.2 Å². The number of piperidine rings is 1. The number of aldehydes is 1. The molecule has 0 unspecified atom stereocenters. The molecule has 0 atom stereocenters. The quantitative estimate of drug-likeness (QED) is 0.442. The van der Waals surface area contributed by atoms with E-state index in [0.717, 1.165) is 37.3 Å². The van der Waals surface area contributed by atoms with Crippen LogP contribution < -0.4 is 9.47 Å². The Hall–Kier alpha value is -3.46. The van der Waals surface area contributed by atoms with Gasteiger partial charge in [0.05, 0.1) is 29.7 Å². The minimum absolute atomic E-state index is 0.110. The fraction of sp³-hybridized carbons (Fsp3) is 0.280. The van der Waals surface area contributed by atoms with Crippen LogP contribution in [0.5, 0.6) is 11.5 Å². The molecule has 10 heteroatoms. The highest BCUT2D eigenvalue weighted by atomic mass is 35.5. The predicted molar refractivity (Wildman–Crippen MR) is 122 cm³/mol. The molecule has 1 saturated heterocycles. The third kappa shape index (κ3) is 3.83. The van der Waals surface area contributed by atoms with Gasteiger partial charge in [0, 0.05) is 42.6 Å². The van der Waals surface area contributed by atoms with Crippen LogP contribution in [0.1, 0.15) is 44.9 Å². The molecule has 2 aliphatic rings. The van der Waals surface area contributed by atoms with Crippen molar-refractivity contribution in [1.82, 2.24) is 9.47 Å². The molecule has 1 fully saturated rings. The molecule has 1 spiro atoms. The van der Waals surface area contributed by atoms with E-state index in [4.69, 9.17) is 21.1 Å². The number of hydrogen-bond acceptors (Lipinski definition) is 4. The number of hydrogen-bond donors (Lipinski definition) is 0. The Balaban J connectivity index is 1.42. The van der Waals surface area contributed by atoms with Crippen molar-refractivity contribution >= 4 is 23.8 Å². The molecule has 0 N–H and O–H groups in total. The van der Waals surface area contributed by atoms with Crippen LogP contribution in [0.2, 0.25) is 5.02 Å². The normalized spacial score (nSPS) is 16.3. The zero-order valence-corrected chi connectivity index (χ0v) is 19.3. The second kappa shape index (κ2) is 8.34. The van der Waals surface area contributed by atoms with Gasteiger partial charge in [0.1, 0.15) is 11.5 Å². The van der Waals surface area contributed by atoms with Gasteiger partial charge >= 0.3 is 6.18 Å². The highest BCUT2D eigenvalue weighted by molar-refractivity contribution is 6.30. The lowest BCUT2D eigenvalue weighted by Crippen LogP contribution is -2.50. The maximum Gasteiger partial charge on any atom is 0.419 e. The van der Waals surface area contributed by atoms with E-state index >= 15 is 0 Å². The lowest BCUT2D eigenvalue weighted by atomic mass is 9.86. The first-order valence-corrected chi connectivity index (χ1v) is 11.3. The standard InChI is InChI=1S/C25H20ClF3N2O4/c1-34-20-12-15(2-5-18(20)25(27,28)29)23(33)30-10-8-24(9-11-30)22-7-4-17(14-32)31(22)19-6-3-16(26)13-21(19)35-24/h2-7,12-14H,8-11H2,1H3. The maximum absolute atomic E-state index is 13.2. The number of aromatic nitrogens is 1.